The third-order valence-corrected chi connectivity index (χ3v) is 4.79. The number of hydrogen-bond acceptors (Lipinski definition) is 2. The zero-order valence-electron chi connectivity index (χ0n) is 13.5. The molecule has 2 aliphatic heterocycles. The Morgan fingerprint density at radius 2 is 1.50 bits per heavy atom. The molecule has 0 aliphatic carbocycles. The van der Waals surface area contributed by atoms with E-state index in [1.807, 2.05) is 0 Å². The highest BCUT2D eigenvalue weighted by molar-refractivity contribution is 5.01. The van der Waals surface area contributed by atoms with Crippen molar-refractivity contribution in [1.29, 1.82) is 0 Å². The maximum Gasteiger partial charge on any atom is 0.0277 e. The lowest BCUT2D eigenvalue weighted by molar-refractivity contribution is -0.0507. The van der Waals surface area contributed by atoms with E-state index in [4.69, 9.17) is 0 Å². The first kappa shape index (κ1) is 14.3. The summed E-state index contributed by atoms with van der Waals surface area (Å²) in [4.78, 5) is 5.52. The van der Waals surface area contributed by atoms with Gasteiger partial charge in [-0.05, 0) is 38.5 Å². The van der Waals surface area contributed by atoms with Gasteiger partial charge in [0.15, 0.2) is 0 Å². The first-order valence-corrected chi connectivity index (χ1v) is 7.60. The fourth-order valence-electron chi connectivity index (χ4n) is 3.81. The third-order valence-electron chi connectivity index (χ3n) is 4.79. The molecule has 106 valence electrons. The molecule has 0 aromatic carbocycles. The molecule has 18 heavy (non-hydrogen) atoms. The van der Waals surface area contributed by atoms with Crippen LogP contribution in [0.15, 0.2) is 0 Å². The van der Waals surface area contributed by atoms with Crippen LogP contribution in [0, 0.1) is 11.3 Å². The summed E-state index contributed by atoms with van der Waals surface area (Å²) in [5, 5.41) is 0. The molecule has 3 atom stereocenters. The number of piperazine rings is 1. The molecule has 0 saturated carbocycles. The molecule has 0 bridgehead atoms. The van der Waals surface area contributed by atoms with Crippen LogP contribution in [0.3, 0.4) is 0 Å². The molecule has 2 rings (SSSR count). The van der Waals surface area contributed by atoms with Gasteiger partial charge in [-0.3, -0.25) is 9.80 Å². The van der Waals surface area contributed by atoms with Crippen molar-refractivity contribution in [2.75, 3.05) is 19.6 Å². The van der Waals surface area contributed by atoms with Crippen LogP contribution in [-0.2, 0) is 0 Å². The minimum Gasteiger partial charge on any atom is -0.297 e. The number of nitrogens with zero attached hydrogens (tertiary/aromatic N) is 2. The minimum atomic E-state index is 0.288. The van der Waals surface area contributed by atoms with Crippen molar-refractivity contribution >= 4 is 0 Å². The van der Waals surface area contributed by atoms with Gasteiger partial charge in [0.25, 0.3) is 0 Å². The van der Waals surface area contributed by atoms with Gasteiger partial charge in [0, 0.05) is 37.3 Å². The largest absolute Gasteiger partial charge is 0.297 e. The van der Waals surface area contributed by atoms with E-state index in [1.54, 1.807) is 0 Å². The van der Waals surface area contributed by atoms with Gasteiger partial charge in [-0.15, -0.1) is 0 Å². The van der Waals surface area contributed by atoms with Gasteiger partial charge in [-0.1, -0.05) is 27.7 Å². The van der Waals surface area contributed by atoms with Crippen molar-refractivity contribution in [3.63, 3.8) is 0 Å². The predicted octanol–water partition coefficient (Wildman–Crippen LogP) is 3.23. The lowest BCUT2D eigenvalue weighted by Crippen LogP contribution is -2.64. The Bertz CT molecular complexity index is 267. The van der Waals surface area contributed by atoms with Crippen LogP contribution in [-0.4, -0.2) is 47.1 Å². The van der Waals surface area contributed by atoms with E-state index in [9.17, 15) is 0 Å². The summed E-state index contributed by atoms with van der Waals surface area (Å²) in [5.41, 5.74) is 0.653. The summed E-state index contributed by atoms with van der Waals surface area (Å²) in [5.74, 6) is 0.885. The van der Waals surface area contributed by atoms with Gasteiger partial charge in [-0.25, -0.2) is 0 Å². The zero-order chi connectivity index (χ0) is 13.7. The quantitative estimate of drug-likeness (QED) is 0.653. The Kier molecular flexibility index (Phi) is 3.57. The van der Waals surface area contributed by atoms with Crippen LogP contribution in [0.25, 0.3) is 0 Å². The number of rotatable bonds is 0. The van der Waals surface area contributed by atoms with Crippen LogP contribution in [0.4, 0.5) is 0 Å². The lowest BCUT2D eigenvalue weighted by Gasteiger charge is -2.54. The molecule has 2 nitrogen and oxygen atoms in total. The van der Waals surface area contributed by atoms with Gasteiger partial charge in [0.2, 0.25) is 0 Å². The van der Waals surface area contributed by atoms with Gasteiger partial charge in [0.1, 0.15) is 0 Å². The maximum absolute atomic E-state index is 2.77. The lowest BCUT2D eigenvalue weighted by atomic mass is 9.81. The molecule has 2 fully saturated rings. The smallest absolute Gasteiger partial charge is 0.0277 e. The molecular weight excluding hydrogens is 220 g/mol. The van der Waals surface area contributed by atoms with Crippen molar-refractivity contribution in [3.05, 3.63) is 0 Å². The second-order valence-corrected chi connectivity index (χ2v) is 8.65. The van der Waals surface area contributed by atoms with Crippen molar-refractivity contribution in [2.45, 2.75) is 72.5 Å². The summed E-state index contributed by atoms with van der Waals surface area (Å²) >= 11 is 0. The highest BCUT2D eigenvalue weighted by Crippen LogP contribution is 2.37. The Morgan fingerprint density at radius 3 is 2.00 bits per heavy atom. The minimum absolute atomic E-state index is 0.288. The highest BCUT2D eigenvalue weighted by atomic mass is 15.3. The van der Waals surface area contributed by atoms with E-state index in [0.29, 0.717) is 11.5 Å². The fourth-order valence-corrected chi connectivity index (χ4v) is 3.81. The summed E-state index contributed by atoms with van der Waals surface area (Å²) in [7, 11) is 0. The van der Waals surface area contributed by atoms with E-state index in [1.165, 1.54) is 26.1 Å². The second-order valence-electron chi connectivity index (χ2n) is 8.65. The van der Waals surface area contributed by atoms with E-state index < -0.39 is 0 Å². The first-order valence-electron chi connectivity index (χ1n) is 7.60. The van der Waals surface area contributed by atoms with Crippen LogP contribution in [0.1, 0.15) is 54.9 Å². The summed E-state index contributed by atoms with van der Waals surface area (Å²) in [6, 6.07) is 1.48. The van der Waals surface area contributed by atoms with Crippen LogP contribution >= 0.6 is 0 Å². The van der Waals surface area contributed by atoms with Crippen molar-refractivity contribution < 1.29 is 0 Å². The number of hydrogen-bond donors (Lipinski definition) is 0. The molecule has 0 N–H and O–H groups in total. The van der Waals surface area contributed by atoms with Crippen LogP contribution < -0.4 is 0 Å². The predicted molar refractivity (Wildman–Crippen MR) is 78.8 cm³/mol. The van der Waals surface area contributed by atoms with E-state index in [0.717, 1.165) is 12.0 Å². The molecule has 2 heteroatoms. The van der Waals surface area contributed by atoms with E-state index in [2.05, 4.69) is 58.3 Å². The van der Waals surface area contributed by atoms with Crippen molar-refractivity contribution in [3.8, 4) is 0 Å². The molecule has 2 saturated heterocycles. The molecule has 0 aromatic heterocycles. The molecule has 0 amide bonds. The summed E-state index contributed by atoms with van der Waals surface area (Å²) in [6.07, 6.45) is 1.39. The highest BCUT2D eigenvalue weighted by Gasteiger charge is 2.45. The third kappa shape index (κ3) is 2.75. The maximum atomic E-state index is 2.77. The summed E-state index contributed by atoms with van der Waals surface area (Å²) in [6.45, 7) is 20.6. The Labute approximate surface area is 114 Å². The summed E-state index contributed by atoms with van der Waals surface area (Å²) < 4.78 is 0. The first-order chi connectivity index (χ1) is 8.09. The van der Waals surface area contributed by atoms with Gasteiger partial charge < -0.3 is 0 Å². The van der Waals surface area contributed by atoms with Gasteiger partial charge in [-0.2, -0.15) is 0 Å². The van der Waals surface area contributed by atoms with Gasteiger partial charge >= 0.3 is 0 Å². The normalized spacial score (nSPS) is 35.8. The Balaban J connectivity index is 2.21. The topological polar surface area (TPSA) is 6.48 Å². The van der Waals surface area contributed by atoms with Crippen LogP contribution in [0.5, 0.6) is 0 Å². The average molecular weight is 252 g/mol. The molecule has 0 spiro atoms. The Morgan fingerprint density at radius 1 is 0.889 bits per heavy atom. The van der Waals surface area contributed by atoms with Gasteiger partial charge in [0.05, 0.1) is 0 Å². The monoisotopic (exact) mass is 252 g/mol. The molecule has 0 aromatic rings. The second kappa shape index (κ2) is 4.49. The molecule has 3 unspecified atom stereocenters. The van der Waals surface area contributed by atoms with Crippen molar-refractivity contribution in [1.82, 2.24) is 9.80 Å². The average Bonchev–Trinajstić information content (AvgIpc) is 2.52. The van der Waals surface area contributed by atoms with Crippen molar-refractivity contribution in [2.24, 2.45) is 11.3 Å². The standard InChI is InChI=1S/C16H32N2/c1-12-8-13-10-18(16(5,6)7)14(15(2,3)4)11-17(13)9-12/h12-14H,8-11H2,1-7H3. The number of fused-ring (bicyclic) bond motifs is 1. The molecular formula is C16H32N2. The zero-order valence-corrected chi connectivity index (χ0v) is 13.5. The molecule has 2 aliphatic rings. The molecule has 2 heterocycles. The fraction of sp³-hybridized carbons (Fsp3) is 1.00. The van der Waals surface area contributed by atoms with E-state index >= 15 is 0 Å². The van der Waals surface area contributed by atoms with E-state index in [-0.39, 0.29) is 5.54 Å². The Hall–Kier alpha value is -0.0800. The van der Waals surface area contributed by atoms with Crippen LogP contribution in [0.2, 0.25) is 0 Å². The molecule has 0 radical (unpaired) electrons. The SMILES string of the molecule is CC1CC2CN(C(C)(C)C)C(C(C)(C)C)CN2C1.